The molecule has 1 aromatic carbocycles. The molecule has 1 aromatic heterocycles. The van der Waals surface area contributed by atoms with Gasteiger partial charge in [-0.25, -0.2) is 4.68 Å². The lowest BCUT2D eigenvalue weighted by Crippen LogP contribution is -2.06. The van der Waals surface area contributed by atoms with Crippen LogP contribution < -0.4 is 5.73 Å². The molecule has 1 heterocycles. The summed E-state index contributed by atoms with van der Waals surface area (Å²) in [7, 11) is 0. The van der Waals surface area contributed by atoms with Gasteiger partial charge in [0.25, 0.3) is 0 Å². The first-order chi connectivity index (χ1) is 8.49. The van der Waals surface area contributed by atoms with Gasteiger partial charge in [-0.1, -0.05) is 23.7 Å². The van der Waals surface area contributed by atoms with Gasteiger partial charge in [-0.05, 0) is 24.6 Å². The minimum atomic E-state index is -0.522. The number of aryl methyl sites for hydroxylation is 1. The molecule has 0 amide bonds. The van der Waals surface area contributed by atoms with Crippen molar-refractivity contribution in [1.82, 2.24) is 9.78 Å². The third kappa shape index (κ3) is 2.28. The fourth-order valence-corrected chi connectivity index (χ4v) is 1.96. The van der Waals surface area contributed by atoms with Crippen LogP contribution in [0.4, 0.5) is 11.5 Å². The number of halogens is 1. The summed E-state index contributed by atoms with van der Waals surface area (Å²) >= 11 is 5.87. The Balaban J connectivity index is 2.36. The van der Waals surface area contributed by atoms with Crippen molar-refractivity contribution in [2.75, 3.05) is 5.73 Å². The predicted octanol–water partition coefficient (Wildman–Crippen LogP) is 2.38. The molecule has 0 aliphatic carbocycles. The molecule has 7 heteroatoms. The Morgan fingerprint density at radius 2 is 2.28 bits per heavy atom. The molecule has 6 nitrogen and oxygen atoms in total. The minimum absolute atomic E-state index is 0.0532. The second kappa shape index (κ2) is 4.66. The van der Waals surface area contributed by atoms with E-state index in [9.17, 15) is 10.1 Å². The van der Waals surface area contributed by atoms with Crippen LogP contribution in [0.25, 0.3) is 0 Å². The monoisotopic (exact) mass is 266 g/mol. The normalized spacial score (nSPS) is 10.6. The van der Waals surface area contributed by atoms with Crippen molar-refractivity contribution in [2.24, 2.45) is 0 Å². The van der Waals surface area contributed by atoms with E-state index in [1.54, 1.807) is 25.1 Å². The summed E-state index contributed by atoms with van der Waals surface area (Å²) in [6.07, 6.45) is 0. The van der Waals surface area contributed by atoms with E-state index in [4.69, 9.17) is 17.3 Å². The van der Waals surface area contributed by atoms with Gasteiger partial charge in [-0.2, -0.15) is 5.10 Å². The lowest BCUT2D eigenvalue weighted by Gasteiger charge is -2.03. The van der Waals surface area contributed by atoms with Crippen LogP contribution in [-0.4, -0.2) is 14.7 Å². The molecular weight excluding hydrogens is 256 g/mol. The maximum Gasteiger partial charge on any atom is 0.333 e. The average Bonchev–Trinajstić information content (AvgIpc) is 2.54. The Morgan fingerprint density at radius 3 is 2.83 bits per heavy atom. The molecular formula is C11H11ClN4O2. The van der Waals surface area contributed by atoms with E-state index in [1.807, 2.05) is 6.07 Å². The van der Waals surface area contributed by atoms with E-state index in [1.165, 1.54) is 4.68 Å². The van der Waals surface area contributed by atoms with Gasteiger partial charge >= 0.3 is 5.69 Å². The van der Waals surface area contributed by atoms with E-state index in [0.29, 0.717) is 17.3 Å². The standard InChI is InChI=1S/C11H11ClN4O2/c1-7-10(16(17)18)11(13)15(14-7)6-8-3-2-4-9(12)5-8/h2-5H,6,13H2,1H3. The topological polar surface area (TPSA) is 87.0 Å². The van der Waals surface area contributed by atoms with E-state index < -0.39 is 4.92 Å². The lowest BCUT2D eigenvalue weighted by atomic mass is 10.2. The zero-order chi connectivity index (χ0) is 13.3. The third-order valence-corrected chi connectivity index (χ3v) is 2.77. The molecule has 0 saturated heterocycles. The summed E-state index contributed by atoms with van der Waals surface area (Å²) in [4.78, 5) is 10.3. The highest BCUT2D eigenvalue weighted by molar-refractivity contribution is 6.30. The Morgan fingerprint density at radius 1 is 1.56 bits per heavy atom. The van der Waals surface area contributed by atoms with Crippen molar-refractivity contribution in [3.63, 3.8) is 0 Å². The first-order valence-corrected chi connectivity index (χ1v) is 5.58. The molecule has 0 aliphatic rings. The van der Waals surface area contributed by atoms with Crippen LogP contribution in [0, 0.1) is 17.0 Å². The molecule has 0 unspecified atom stereocenters. The number of aromatic nitrogens is 2. The Bertz CT molecular complexity index is 609. The van der Waals surface area contributed by atoms with Crippen molar-refractivity contribution in [2.45, 2.75) is 13.5 Å². The van der Waals surface area contributed by atoms with Gasteiger partial charge in [-0.15, -0.1) is 0 Å². The highest BCUT2D eigenvalue weighted by Crippen LogP contribution is 2.25. The highest BCUT2D eigenvalue weighted by Gasteiger charge is 2.22. The van der Waals surface area contributed by atoms with Crippen LogP contribution in [0.5, 0.6) is 0 Å². The second-order valence-corrected chi connectivity index (χ2v) is 4.30. The second-order valence-electron chi connectivity index (χ2n) is 3.86. The first kappa shape index (κ1) is 12.4. The summed E-state index contributed by atoms with van der Waals surface area (Å²) in [5, 5.41) is 15.5. The minimum Gasteiger partial charge on any atom is -0.378 e. The summed E-state index contributed by atoms with van der Waals surface area (Å²) in [5.74, 6) is 0.0532. The van der Waals surface area contributed by atoms with Crippen LogP contribution in [0.2, 0.25) is 5.02 Å². The summed E-state index contributed by atoms with van der Waals surface area (Å²) in [5.41, 5.74) is 6.76. The van der Waals surface area contributed by atoms with Crippen LogP contribution in [-0.2, 0) is 6.54 Å². The molecule has 94 valence electrons. The van der Waals surface area contributed by atoms with Crippen molar-refractivity contribution in [1.29, 1.82) is 0 Å². The predicted molar refractivity (Wildman–Crippen MR) is 68.6 cm³/mol. The SMILES string of the molecule is Cc1nn(Cc2cccc(Cl)c2)c(N)c1[N+](=O)[O-]. The van der Waals surface area contributed by atoms with Crippen molar-refractivity contribution >= 4 is 23.1 Å². The van der Waals surface area contributed by atoms with E-state index in [0.717, 1.165) is 5.56 Å². The van der Waals surface area contributed by atoms with Crippen LogP contribution in [0.3, 0.4) is 0 Å². The smallest absolute Gasteiger partial charge is 0.333 e. The van der Waals surface area contributed by atoms with E-state index in [-0.39, 0.29) is 11.5 Å². The molecule has 2 rings (SSSR count). The summed E-state index contributed by atoms with van der Waals surface area (Å²) < 4.78 is 1.40. The van der Waals surface area contributed by atoms with Gasteiger partial charge in [0.2, 0.25) is 5.82 Å². The highest BCUT2D eigenvalue weighted by atomic mass is 35.5. The lowest BCUT2D eigenvalue weighted by molar-refractivity contribution is -0.384. The number of nitrogen functional groups attached to an aromatic ring is 1. The molecule has 0 bridgehead atoms. The van der Waals surface area contributed by atoms with Crippen LogP contribution in [0.1, 0.15) is 11.3 Å². The fourth-order valence-electron chi connectivity index (χ4n) is 1.74. The van der Waals surface area contributed by atoms with Crippen LogP contribution >= 0.6 is 11.6 Å². The molecule has 0 saturated carbocycles. The number of benzene rings is 1. The molecule has 18 heavy (non-hydrogen) atoms. The third-order valence-electron chi connectivity index (χ3n) is 2.54. The Hall–Kier alpha value is -2.08. The largest absolute Gasteiger partial charge is 0.378 e. The van der Waals surface area contributed by atoms with Gasteiger partial charge in [0.15, 0.2) is 0 Å². The summed E-state index contributed by atoms with van der Waals surface area (Å²) in [6, 6.07) is 7.18. The Labute approximate surface area is 108 Å². The van der Waals surface area contributed by atoms with Crippen molar-refractivity contribution in [3.05, 3.63) is 50.7 Å². The fraction of sp³-hybridized carbons (Fsp3) is 0.182. The molecule has 0 aliphatic heterocycles. The number of nitrogens with two attached hydrogens (primary N) is 1. The summed E-state index contributed by atoms with van der Waals surface area (Å²) in [6.45, 7) is 1.91. The van der Waals surface area contributed by atoms with Gasteiger partial charge in [-0.3, -0.25) is 10.1 Å². The number of hydrogen-bond acceptors (Lipinski definition) is 4. The van der Waals surface area contributed by atoms with Crippen molar-refractivity contribution in [3.8, 4) is 0 Å². The molecule has 0 spiro atoms. The number of hydrogen-bond donors (Lipinski definition) is 1. The molecule has 0 atom stereocenters. The van der Waals surface area contributed by atoms with Gasteiger partial charge < -0.3 is 5.73 Å². The first-order valence-electron chi connectivity index (χ1n) is 5.20. The molecule has 2 N–H and O–H groups in total. The average molecular weight is 267 g/mol. The molecule has 0 fully saturated rings. The van der Waals surface area contributed by atoms with E-state index in [2.05, 4.69) is 5.10 Å². The van der Waals surface area contributed by atoms with Gasteiger partial charge in [0.1, 0.15) is 5.69 Å². The van der Waals surface area contributed by atoms with E-state index >= 15 is 0 Å². The maximum absolute atomic E-state index is 10.8. The zero-order valence-electron chi connectivity index (χ0n) is 9.63. The van der Waals surface area contributed by atoms with Crippen molar-refractivity contribution < 1.29 is 4.92 Å². The van der Waals surface area contributed by atoms with Crippen LogP contribution in [0.15, 0.2) is 24.3 Å². The number of nitro groups is 1. The number of nitrogens with zero attached hydrogens (tertiary/aromatic N) is 3. The maximum atomic E-state index is 10.8. The number of anilines is 1. The zero-order valence-corrected chi connectivity index (χ0v) is 10.4. The van der Waals surface area contributed by atoms with Gasteiger partial charge in [0.05, 0.1) is 11.5 Å². The number of rotatable bonds is 3. The quantitative estimate of drug-likeness (QED) is 0.682. The molecule has 0 radical (unpaired) electrons. The molecule has 2 aromatic rings. The van der Waals surface area contributed by atoms with Gasteiger partial charge in [0, 0.05) is 5.02 Å². The Kier molecular flexibility index (Phi) is 3.20.